The quantitative estimate of drug-likeness (QED) is 0.137. The Bertz CT molecular complexity index is 1290. The molecule has 0 spiro atoms. The van der Waals surface area contributed by atoms with Gasteiger partial charge in [0.15, 0.2) is 0 Å². The molecule has 10 nitrogen and oxygen atoms in total. The molecule has 2 saturated carbocycles. The number of aromatic nitrogens is 2. The van der Waals surface area contributed by atoms with Gasteiger partial charge in [0.2, 0.25) is 11.8 Å². The number of hydrogen-bond donors (Lipinski definition) is 5. The second-order valence-electron chi connectivity index (χ2n) is 15.6. The summed E-state index contributed by atoms with van der Waals surface area (Å²) >= 11 is 1.71. The highest BCUT2D eigenvalue weighted by Gasteiger charge is 2.42. The van der Waals surface area contributed by atoms with E-state index in [2.05, 4.69) is 39.8 Å². The molecule has 2 aliphatic carbocycles. The standard InChI is InChI=1S/C39H61N5O5S/c1-26(2)50-24-33(45)35(34(28-17-11-7-12-18-28)29-19-13-8-14-20-29)44-37(47)32(22-30-23-40-25-41-30)42-36(46)31(21-27-15-9-6-10-16-27)43-38(48)49-39(3,4)5/h6,9-10,15-16,23,25-26,28-29,31-35,45H,7-8,11-14,17-22,24H2,1-5H3,(H,40,41)(H,42,46)(H,43,48)(H,44,47)/t31-,32-,33-,35+/m0/s1. The van der Waals surface area contributed by atoms with Crippen LogP contribution in [0.25, 0.3) is 0 Å². The van der Waals surface area contributed by atoms with Crippen molar-refractivity contribution in [3.8, 4) is 0 Å². The van der Waals surface area contributed by atoms with Crippen molar-refractivity contribution in [2.45, 2.75) is 147 Å². The number of nitrogens with zero attached hydrogens (tertiary/aromatic N) is 1. The molecule has 0 aliphatic heterocycles. The lowest BCUT2D eigenvalue weighted by molar-refractivity contribution is -0.131. The van der Waals surface area contributed by atoms with Gasteiger partial charge in [-0.15, -0.1) is 0 Å². The second kappa shape index (κ2) is 19.5. The predicted molar refractivity (Wildman–Crippen MR) is 200 cm³/mol. The van der Waals surface area contributed by atoms with Crippen LogP contribution in [0.15, 0.2) is 42.9 Å². The van der Waals surface area contributed by atoms with Crippen molar-refractivity contribution >= 4 is 29.7 Å². The zero-order valence-corrected chi connectivity index (χ0v) is 31.6. The van der Waals surface area contributed by atoms with Gasteiger partial charge in [-0.2, -0.15) is 11.8 Å². The van der Waals surface area contributed by atoms with E-state index in [0.29, 0.717) is 28.5 Å². The SMILES string of the molecule is CC(C)SC[C@H](O)[C@@H](NC(=O)[C@H](Cc1cnc[nH]1)NC(=O)[C@H](Cc1ccccc1)NC(=O)OC(C)(C)C)C(C1CCCCC1)C1CCCCC1. The minimum Gasteiger partial charge on any atom is -0.444 e. The number of aromatic amines is 1. The molecule has 0 unspecified atom stereocenters. The Labute approximate surface area is 303 Å². The fourth-order valence-corrected chi connectivity index (χ4v) is 8.51. The fourth-order valence-electron chi connectivity index (χ4n) is 7.72. The number of carbonyl (C=O) groups is 3. The topological polar surface area (TPSA) is 145 Å². The molecule has 0 bridgehead atoms. The maximum Gasteiger partial charge on any atom is 0.408 e. The van der Waals surface area contributed by atoms with E-state index < -0.39 is 41.8 Å². The largest absolute Gasteiger partial charge is 0.444 e. The maximum absolute atomic E-state index is 14.5. The van der Waals surface area contributed by atoms with Crippen molar-refractivity contribution < 1.29 is 24.2 Å². The lowest BCUT2D eigenvalue weighted by Crippen LogP contribution is -2.60. The Morgan fingerprint density at radius 3 is 2.00 bits per heavy atom. The number of carbonyl (C=O) groups excluding carboxylic acids is 3. The Morgan fingerprint density at radius 1 is 0.880 bits per heavy atom. The maximum atomic E-state index is 14.5. The molecule has 11 heteroatoms. The van der Waals surface area contributed by atoms with Crippen LogP contribution in [0.4, 0.5) is 4.79 Å². The summed E-state index contributed by atoms with van der Waals surface area (Å²) in [4.78, 5) is 48.7. The van der Waals surface area contributed by atoms with Crippen LogP contribution in [0.1, 0.15) is 110 Å². The van der Waals surface area contributed by atoms with Gasteiger partial charge in [-0.05, 0) is 49.3 Å². The Balaban J connectivity index is 1.62. The smallest absolute Gasteiger partial charge is 0.408 e. The number of benzene rings is 1. The third-order valence-corrected chi connectivity index (χ3v) is 11.2. The first-order valence-electron chi connectivity index (χ1n) is 18.8. The second-order valence-corrected chi connectivity index (χ2v) is 17.2. The first kappa shape index (κ1) is 39.7. The van der Waals surface area contributed by atoms with Crippen molar-refractivity contribution in [1.82, 2.24) is 25.9 Å². The number of aliphatic hydroxyl groups excluding tert-OH is 1. The summed E-state index contributed by atoms with van der Waals surface area (Å²) in [6, 6.07) is 7.02. The van der Waals surface area contributed by atoms with Crippen LogP contribution in [0.2, 0.25) is 0 Å². The molecule has 0 radical (unpaired) electrons. The molecular formula is C39H61N5O5S. The molecule has 50 heavy (non-hydrogen) atoms. The van der Waals surface area contributed by atoms with E-state index in [-0.39, 0.29) is 24.7 Å². The highest BCUT2D eigenvalue weighted by atomic mass is 32.2. The van der Waals surface area contributed by atoms with Crippen LogP contribution in [-0.2, 0) is 27.2 Å². The zero-order valence-electron chi connectivity index (χ0n) is 30.8. The number of aliphatic hydroxyl groups is 1. The van der Waals surface area contributed by atoms with E-state index in [0.717, 1.165) is 31.2 Å². The van der Waals surface area contributed by atoms with Crippen LogP contribution in [0, 0.1) is 17.8 Å². The van der Waals surface area contributed by atoms with Crippen molar-refractivity contribution in [2.24, 2.45) is 17.8 Å². The van der Waals surface area contributed by atoms with Crippen LogP contribution in [-0.4, -0.2) is 73.8 Å². The number of imidazole rings is 1. The molecule has 2 aliphatic rings. The molecular weight excluding hydrogens is 651 g/mol. The Morgan fingerprint density at radius 2 is 1.46 bits per heavy atom. The van der Waals surface area contributed by atoms with Crippen LogP contribution in [0.5, 0.6) is 0 Å². The number of rotatable bonds is 16. The first-order valence-corrected chi connectivity index (χ1v) is 19.9. The van der Waals surface area contributed by atoms with Gasteiger partial charge in [-0.25, -0.2) is 9.78 Å². The van der Waals surface area contributed by atoms with E-state index in [9.17, 15) is 19.5 Å². The summed E-state index contributed by atoms with van der Waals surface area (Å²) in [5, 5.41) is 21.3. The van der Waals surface area contributed by atoms with Gasteiger partial charge in [0, 0.05) is 30.5 Å². The third-order valence-electron chi connectivity index (χ3n) is 10.0. The van der Waals surface area contributed by atoms with E-state index in [1.165, 1.54) is 38.5 Å². The average molecular weight is 712 g/mol. The molecule has 278 valence electrons. The number of H-pyrrole nitrogens is 1. The molecule has 1 aromatic carbocycles. The van der Waals surface area contributed by atoms with Gasteiger partial charge in [0.1, 0.15) is 17.7 Å². The van der Waals surface area contributed by atoms with E-state index in [1.807, 2.05) is 30.3 Å². The third kappa shape index (κ3) is 12.9. The van der Waals surface area contributed by atoms with E-state index >= 15 is 0 Å². The average Bonchev–Trinajstić information content (AvgIpc) is 3.60. The molecule has 3 amide bonds. The number of amides is 3. The number of hydrogen-bond acceptors (Lipinski definition) is 7. The highest BCUT2D eigenvalue weighted by Crippen LogP contribution is 2.42. The van der Waals surface area contributed by atoms with E-state index in [1.54, 1.807) is 45.1 Å². The van der Waals surface area contributed by atoms with Gasteiger partial charge >= 0.3 is 6.09 Å². The molecule has 2 fully saturated rings. The number of nitrogens with one attached hydrogen (secondary N) is 4. The Hall–Kier alpha value is -3.05. The first-order chi connectivity index (χ1) is 23.9. The summed E-state index contributed by atoms with van der Waals surface area (Å²) in [6.45, 7) is 9.54. The summed E-state index contributed by atoms with van der Waals surface area (Å²) in [5.41, 5.74) is 0.790. The van der Waals surface area contributed by atoms with Crippen LogP contribution in [0.3, 0.4) is 0 Å². The molecule has 2 aromatic rings. The van der Waals surface area contributed by atoms with Crippen molar-refractivity contribution in [1.29, 1.82) is 0 Å². The number of ether oxygens (including phenoxy) is 1. The minimum atomic E-state index is -0.995. The lowest BCUT2D eigenvalue weighted by atomic mass is 9.66. The van der Waals surface area contributed by atoms with Gasteiger partial charge < -0.3 is 30.8 Å². The summed E-state index contributed by atoms with van der Waals surface area (Å²) in [6.07, 6.45) is 13.8. The highest BCUT2D eigenvalue weighted by molar-refractivity contribution is 7.99. The minimum absolute atomic E-state index is 0.158. The monoisotopic (exact) mass is 711 g/mol. The van der Waals surface area contributed by atoms with Gasteiger partial charge in [0.05, 0.1) is 18.5 Å². The van der Waals surface area contributed by atoms with Crippen molar-refractivity contribution in [3.63, 3.8) is 0 Å². The Kier molecular flexibility index (Phi) is 15.5. The van der Waals surface area contributed by atoms with Crippen molar-refractivity contribution in [3.05, 3.63) is 54.1 Å². The zero-order chi connectivity index (χ0) is 36.1. The molecule has 1 heterocycles. The van der Waals surface area contributed by atoms with Crippen LogP contribution < -0.4 is 16.0 Å². The van der Waals surface area contributed by atoms with E-state index in [4.69, 9.17) is 4.74 Å². The number of alkyl carbamates (subject to hydrolysis) is 1. The van der Waals surface area contributed by atoms with Gasteiger partial charge in [0.25, 0.3) is 0 Å². The molecule has 5 N–H and O–H groups in total. The fraction of sp³-hybridized carbons (Fsp3) is 0.692. The summed E-state index contributed by atoms with van der Waals surface area (Å²) < 4.78 is 5.50. The van der Waals surface area contributed by atoms with Gasteiger partial charge in [-0.3, -0.25) is 9.59 Å². The molecule has 4 atom stereocenters. The summed E-state index contributed by atoms with van der Waals surface area (Å²) in [5.74, 6) is 0.705. The normalized spacial score (nSPS) is 18.6. The number of thioether (sulfide) groups is 1. The van der Waals surface area contributed by atoms with Crippen LogP contribution >= 0.6 is 11.8 Å². The van der Waals surface area contributed by atoms with Gasteiger partial charge in [-0.1, -0.05) is 108 Å². The lowest BCUT2D eigenvalue weighted by Gasteiger charge is -2.44. The molecule has 4 rings (SSSR count). The molecule has 1 aromatic heterocycles. The predicted octanol–water partition coefficient (Wildman–Crippen LogP) is 6.34. The molecule has 0 saturated heterocycles. The van der Waals surface area contributed by atoms with Crippen molar-refractivity contribution in [2.75, 3.05) is 5.75 Å². The summed E-state index contributed by atoms with van der Waals surface area (Å²) in [7, 11) is 0.